The standard InChI is InChI=1S/C57H100O5/c1-4-7-10-13-16-19-22-25-28-29-31-32-35-38-41-44-47-50-56(58)61-54-55(53-60-52-49-46-43-40-37-34-27-24-21-18-15-12-9-6-3)62-57(59)51-48-45-42-39-36-33-30-26-23-20-17-14-11-8-5-2/h9,12,16,18-19,21,25-28,30,34,55H,4-8,10-11,13-15,17,20,22-24,29,31-33,35-54H2,1-3H3/b12-9-,19-16-,21-18-,28-25-,30-26-,34-27-. The summed E-state index contributed by atoms with van der Waals surface area (Å²) in [7, 11) is 0. The van der Waals surface area contributed by atoms with Gasteiger partial charge in [-0.25, -0.2) is 0 Å². The van der Waals surface area contributed by atoms with Crippen LogP contribution in [-0.2, 0) is 23.8 Å². The molecule has 0 saturated carbocycles. The highest BCUT2D eigenvalue weighted by atomic mass is 16.6. The van der Waals surface area contributed by atoms with Crippen LogP contribution < -0.4 is 0 Å². The van der Waals surface area contributed by atoms with Crippen LogP contribution in [0.1, 0.15) is 252 Å². The maximum atomic E-state index is 12.8. The molecule has 1 unspecified atom stereocenters. The van der Waals surface area contributed by atoms with Crippen molar-refractivity contribution in [2.45, 2.75) is 258 Å². The van der Waals surface area contributed by atoms with E-state index in [9.17, 15) is 9.59 Å². The van der Waals surface area contributed by atoms with Crippen molar-refractivity contribution >= 4 is 11.9 Å². The molecule has 62 heavy (non-hydrogen) atoms. The molecule has 0 rings (SSSR count). The Kier molecular flexibility index (Phi) is 50.4. The highest BCUT2D eigenvalue weighted by Crippen LogP contribution is 2.14. The summed E-state index contributed by atoms with van der Waals surface area (Å²) in [4.78, 5) is 25.4. The van der Waals surface area contributed by atoms with Gasteiger partial charge in [-0.2, -0.15) is 0 Å². The molecule has 5 nitrogen and oxygen atoms in total. The molecule has 0 N–H and O–H groups in total. The number of esters is 2. The fourth-order valence-corrected chi connectivity index (χ4v) is 7.25. The van der Waals surface area contributed by atoms with Gasteiger partial charge in [0.15, 0.2) is 6.10 Å². The molecule has 0 heterocycles. The summed E-state index contributed by atoms with van der Waals surface area (Å²) < 4.78 is 17.4. The van der Waals surface area contributed by atoms with E-state index >= 15 is 0 Å². The van der Waals surface area contributed by atoms with Gasteiger partial charge in [0.05, 0.1) is 6.61 Å². The van der Waals surface area contributed by atoms with Gasteiger partial charge < -0.3 is 14.2 Å². The van der Waals surface area contributed by atoms with Crippen molar-refractivity contribution in [1.82, 2.24) is 0 Å². The van der Waals surface area contributed by atoms with Crippen molar-refractivity contribution in [1.29, 1.82) is 0 Å². The average Bonchev–Trinajstić information content (AvgIpc) is 3.27. The van der Waals surface area contributed by atoms with Gasteiger partial charge >= 0.3 is 11.9 Å². The average molecular weight is 865 g/mol. The lowest BCUT2D eigenvalue weighted by Gasteiger charge is -2.18. The predicted molar refractivity (Wildman–Crippen MR) is 270 cm³/mol. The fraction of sp³-hybridized carbons (Fsp3) is 0.754. The summed E-state index contributed by atoms with van der Waals surface area (Å²) in [5, 5.41) is 0. The topological polar surface area (TPSA) is 61.8 Å². The normalized spacial score (nSPS) is 12.8. The lowest BCUT2D eigenvalue weighted by atomic mass is 10.1. The minimum Gasteiger partial charge on any atom is -0.462 e. The third kappa shape index (κ3) is 50.0. The van der Waals surface area contributed by atoms with Crippen LogP contribution in [0.15, 0.2) is 72.9 Å². The Morgan fingerprint density at radius 1 is 0.371 bits per heavy atom. The molecule has 1 atom stereocenters. The molecule has 0 aliphatic carbocycles. The zero-order valence-electron chi connectivity index (χ0n) is 41.1. The van der Waals surface area contributed by atoms with Gasteiger partial charge in [0.25, 0.3) is 0 Å². The minimum atomic E-state index is -0.557. The van der Waals surface area contributed by atoms with Crippen LogP contribution in [0.25, 0.3) is 0 Å². The number of hydrogen-bond donors (Lipinski definition) is 0. The molecule has 0 aliphatic heterocycles. The van der Waals surface area contributed by atoms with E-state index < -0.39 is 6.10 Å². The van der Waals surface area contributed by atoms with Crippen molar-refractivity contribution in [3.8, 4) is 0 Å². The Bertz CT molecular complexity index is 1110. The third-order valence-electron chi connectivity index (χ3n) is 11.2. The number of ether oxygens (including phenoxy) is 3. The van der Waals surface area contributed by atoms with E-state index in [0.29, 0.717) is 19.4 Å². The molecule has 0 spiro atoms. The first-order valence-electron chi connectivity index (χ1n) is 26.5. The van der Waals surface area contributed by atoms with E-state index in [2.05, 4.69) is 93.7 Å². The van der Waals surface area contributed by atoms with Gasteiger partial charge in [-0.1, -0.05) is 203 Å². The second-order valence-electron chi connectivity index (χ2n) is 17.4. The zero-order chi connectivity index (χ0) is 44.9. The SMILES string of the molecule is CC/C=C\C/C=C\C/C=C\CCCCCCOCC(COC(=O)CCCCCCCCC/C=C\C/C=C\CCCCC)OC(=O)CCCCCCC/C=C\CCCCCCCC. The van der Waals surface area contributed by atoms with Crippen LogP contribution in [0.3, 0.4) is 0 Å². The molecule has 0 aromatic rings. The molecule has 0 bridgehead atoms. The number of carbonyl (C=O) groups excluding carboxylic acids is 2. The first-order chi connectivity index (χ1) is 30.6. The molecule has 0 aliphatic rings. The summed E-state index contributed by atoms with van der Waals surface area (Å²) in [6.45, 7) is 7.64. The highest BCUT2D eigenvalue weighted by Gasteiger charge is 2.17. The summed E-state index contributed by atoms with van der Waals surface area (Å²) in [5.41, 5.74) is 0. The van der Waals surface area contributed by atoms with E-state index in [0.717, 1.165) is 89.9 Å². The van der Waals surface area contributed by atoms with E-state index in [-0.39, 0.29) is 25.2 Å². The summed E-state index contributed by atoms with van der Waals surface area (Å²) in [5.74, 6) is -0.425. The van der Waals surface area contributed by atoms with Crippen LogP contribution in [-0.4, -0.2) is 37.9 Å². The van der Waals surface area contributed by atoms with Crippen molar-refractivity contribution < 1.29 is 23.8 Å². The zero-order valence-corrected chi connectivity index (χ0v) is 41.1. The Hall–Kier alpha value is -2.66. The summed E-state index contributed by atoms with van der Waals surface area (Å²) in [6.07, 6.45) is 67.6. The van der Waals surface area contributed by atoms with Crippen LogP contribution in [0.2, 0.25) is 0 Å². The molecule has 0 aromatic carbocycles. The molecule has 0 radical (unpaired) electrons. The maximum Gasteiger partial charge on any atom is 0.306 e. The lowest BCUT2D eigenvalue weighted by molar-refractivity contribution is -0.163. The summed E-state index contributed by atoms with van der Waals surface area (Å²) >= 11 is 0. The van der Waals surface area contributed by atoms with Gasteiger partial charge in [0, 0.05) is 19.4 Å². The largest absolute Gasteiger partial charge is 0.462 e. The number of unbranched alkanes of at least 4 members (excludes halogenated alkanes) is 25. The van der Waals surface area contributed by atoms with E-state index in [1.165, 1.54) is 128 Å². The van der Waals surface area contributed by atoms with Crippen molar-refractivity contribution in [2.75, 3.05) is 19.8 Å². The van der Waals surface area contributed by atoms with Crippen LogP contribution in [0, 0.1) is 0 Å². The Labute approximate surface area is 385 Å². The number of rotatable bonds is 48. The molecule has 358 valence electrons. The highest BCUT2D eigenvalue weighted by molar-refractivity contribution is 5.70. The molecule has 0 saturated heterocycles. The minimum absolute atomic E-state index is 0.0671. The van der Waals surface area contributed by atoms with Crippen LogP contribution >= 0.6 is 0 Å². The van der Waals surface area contributed by atoms with Crippen LogP contribution in [0.5, 0.6) is 0 Å². The molecule has 0 amide bonds. The second-order valence-corrected chi connectivity index (χ2v) is 17.4. The van der Waals surface area contributed by atoms with Crippen molar-refractivity contribution in [3.05, 3.63) is 72.9 Å². The van der Waals surface area contributed by atoms with Crippen molar-refractivity contribution in [3.63, 3.8) is 0 Å². The van der Waals surface area contributed by atoms with Gasteiger partial charge in [-0.15, -0.1) is 0 Å². The molecule has 0 aromatic heterocycles. The number of allylic oxidation sites excluding steroid dienone is 12. The molecule has 5 heteroatoms. The van der Waals surface area contributed by atoms with E-state index in [1.807, 2.05) is 0 Å². The van der Waals surface area contributed by atoms with E-state index in [4.69, 9.17) is 14.2 Å². The van der Waals surface area contributed by atoms with E-state index in [1.54, 1.807) is 0 Å². The summed E-state index contributed by atoms with van der Waals surface area (Å²) in [6, 6.07) is 0. The predicted octanol–water partition coefficient (Wildman–Crippen LogP) is 17.9. The maximum absolute atomic E-state index is 12.8. The van der Waals surface area contributed by atoms with Crippen molar-refractivity contribution in [2.24, 2.45) is 0 Å². The fourth-order valence-electron chi connectivity index (χ4n) is 7.25. The number of carbonyl (C=O) groups is 2. The second kappa shape index (κ2) is 52.7. The molecular weight excluding hydrogens is 765 g/mol. The number of hydrogen-bond acceptors (Lipinski definition) is 5. The third-order valence-corrected chi connectivity index (χ3v) is 11.2. The molecular formula is C57H100O5. The quantitative estimate of drug-likeness (QED) is 0.0346. The Morgan fingerprint density at radius 3 is 1.21 bits per heavy atom. The lowest BCUT2D eigenvalue weighted by Crippen LogP contribution is -2.30. The van der Waals surface area contributed by atoms with Crippen LogP contribution in [0.4, 0.5) is 0 Å². The first kappa shape index (κ1) is 59.3. The Morgan fingerprint density at radius 2 is 0.726 bits per heavy atom. The Balaban J connectivity index is 4.32. The smallest absolute Gasteiger partial charge is 0.306 e. The van der Waals surface area contributed by atoms with Gasteiger partial charge in [-0.05, 0) is 109 Å². The first-order valence-corrected chi connectivity index (χ1v) is 26.5. The van der Waals surface area contributed by atoms with Gasteiger partial charge in [0.1, 0.15) is 6.61 Å². The monoisotopic (exact) mass is 865 g/mol. The van der Waals surface area contributed by atoms with Gasteiger partial charge in [-0.3, -0.25) is 9.59 Å². The van der Waals surface area contributed by atoms with Gasteiger partial charge in [0.2, 0.25) is 0 Å². The molecule has 0 fully saturated rings.